The van der Waals surface area contributed by atoms with Gasteiger partial charge in [0.2, 0.25) is 11.7 Å². The predicted molar refractivity (Wildman–Crippen MR) is 182 cm³/mol. The Balaban J connectivity index is 1.45. The number of Topliss-reactive ketones (excluding diaryl/α,β-unsaturated/α-hetero) is 1. The number of aliphatic hydroxyl groups excluding tert-OH is 1. The van der Waals surface area contributed by atoms with Crippen molar-refractivity contribution < 1.29 is 58.6 Å². The molecular formula is C36H47NO12Si. The zero-order valence-corrected chi connectivity index (χ0v) is 30.1. The van der Waals surface area contributed by atoms with E-state index in [-0.39, 0.29) is 52.3 Å². The average Bonchev–Trinajstić information content (AvgIpc) is 3.05. The Labute approximate surface area is 291 Å². The fourth-order valence-electron chi connectivity index (χ4n) is 7.32. The summed E-state index contributed by atoms with van der Waals surface area (Å²) < 4.78 is 17.8. The maximum atomic E-state index is 13.9. The van der Waals surface area contributed by atoms with E-state index in [2.05, 4.69) is 5.32 Å². The highest BCUT2D eigenvalue weighted by molar-refractivity contribution is 6.69. The van der Waals surface area contributed by atoms with Crippen molar-refractivity contribution in [2.45, 2.75) is 108 Å². The van der Waals surface area contributed by atoms with Crippen LogP contribution in [0, 0.1) is 5.92 Å². The van der Waals surface area contributed by atoms with Crippen LogP contribution in [0.1, 0.15) is 101 Å². The molecule has 0 unspecified atom stereocenters. The van der Waals surface area contributed by atoms with Gasteiger partial charge in [-0.15, -0.1) is 0 Å². The van der Waals surface area contributed by atoms with Gasteiger partial charge in [-0.2, -0.15) is 0 Å². The minimum atomic E-state index is -2.26. The van der Waals surface area contributed by atoms with Crippen LogP contribution in [0.5, 0.6) is 17.2 Å². The number of carbonyl (C=O) groups excluding carboxylic acids is 4. The number of carbonyl (C=O) groups is 4. The summed E-state index contributed by atoms with van der Waals surface area (Å²) >= 11 is 0. The molecule has 1 saturated heterocycles. The van der Waals surface area contributed by atoms with Crippen LogP contribution in [0.4, 0.5) is 0 Å². The van der Waals surface area contributed by atoms with Crippen molar-refractivity contribution in [3.63, 3.8) is 0 Å². The lowest BCUT2D eigenvalue weighted by molar-refractivity contribution is -0.238. The third-order valence-electron chi connectivity index (χ3n) is 10.3. The van der Waals surface area contributed by atoms with Crippen molar-refractivity contribution in [1.82, 2.24) is 5.32 Å². The molecule has 3 aliphatic rings. The molecule has 50 heavy (non-hydrogen) atoms. The predicted octanol–water partition coefficient (Wildman–Crippen LogP) is 3.19. The van der Waals surface area contributed by atoms with E-state index < -0.39 is 91.8 Å². The highest BCUT2D eigenvalue weighted by atomic mass is 28.4. The molecule has 13 nitrogen and oxygen atoms in total. The zero-order chi connectivity index (χ0) is 36.7. The van der Waals surface area contributed by atoms with Crippen LogP contribution in [0.3, 0.4) is 0 Å². The molecular weight excluding hydrogens is 666 g/mol. The summed E-state index contributed by atoms with van der Waals surface area (Å²) in [4.78, 5) is 63.5. The van der Waals surface area contributed by atoms with Gasteiger partial charge in [-0.3, -0.25) is 19.2 Å². The number of aromatic hydroxyl groups is 2. The molecule has 6 N–H and O–H groups in total. The van der Waals surface area contributed by atoms with Crippen LogP contribution in [-0.2, 0) is 25.5 Å². The average molecular weight is 714 g/mol. The van der Waals surface area contributed by atoms with Gasteiger partial charge in [0.05, 0.1) is 36.0 Å². The third-order valence-corrected chi connectivity index (χ3v) is 11.9. The molecule has 0 aromatic heterocycles. The molecule has 2 aliphatic carbocycles. The number of hydrogen-bond acceptors (Lipinski definition) is 12. The van der Waals surface area contributed by atoms with Crippen molar-refractivity contribution in [3.8, 4) is 17.2 Å². The lowest BCUT2D eigenvalue weighted by atomic mass is 9.72. The van der Waals surface area contributed by atoms with Crippen molar-refractivity contribution in [2.75, 3.05) is 13.7 Å². The van der Waals surface area contributed by atoms with Crippen molar-refractivity contribution in [1.29, 1.82) is 0 Å². The summed E-state index contributed by atoms with van der Waals surface area (Å²) in [5.74, 6) is -4.01. The number of amides is 1. The highest BCUT2D eigenvalue weighted by Crippen LogP contribution is 2.52. The number of phenols is 2. The lowest BCUT2D eigenvalue weighted by Gasteiger charge is -2.43. The molecule has 1 aliphatic heterocycles. The molecule has 1 fully saturated rings. The number of benzene rings is 2. The van der Waals surface area contributed by atoms with E-state index in [9.17, 15) is 44.4 Å². The number of methoxy groups -OCH3 is 1. The Morgan fingerprint density at radius 3 is 2.40 bits per heavy atom. The number of hydrogen-bond donors (Lipinski definition) is 6. The molecule has 0 bridgehead atoms. The molecule has 2 aromatic rings. The van der Waals surface area contributed by atoms with E-state index >= 15 is 0 Å². The molecule has 0 saturated carbocycles. The van der Waals surface area contributed by atoms with Gasteiger partial charge in [0.15, 0.2) is 26.2 Å². The minimum Gasteiger partial charge on any atom is -0.507 e. The molecule has 5 rings (SSSR count). The summed E-state index contributed by atoms with van der Waals surface area (Å²) in [6, 6.07) is 4.79. The largest absolute Gasteiger partial charge is 0.507 e. The van der Waals surface area contributed by atoms with Crippen LogP contribution < -0.4 is 10.1 Å². The number of nitrogens with one attached hydrogen (secondary N) is 1. The van der Waals surface area contributed by atoms with E-state index in [0.29, 0.717) is 12.8 Å². The highest BCUT2D eigenvalue weighted by Gasteiger charge is 2.50. The van der Waals surface area contributed by atoms with Crippen LogP contribution in [0.25, 0.3) is 0 Å². The van der Waals surface area contributed by atoms with Gasteiger partial charge in [-0.25, -0.2) is 0 Å². The van der Waals surface area contributed by atoms with E-state index in [1.54, 1.807) is 0 Å². The smallest absolute Gasteiger partial charge is 0.220 e. The monoisotopic (exact) mass is 713 g/mol. The Hall–Kier alpha value is -3.66. The quantitative estimate of drug-likeness (QED) is 0.0909. The second-order valence-electron chi connectivity index (χ2n) is 14.4. The zero-order valence-electron chi connectivity index (χ0n) is 29.1. The number of unbranched alkanes of at least 4 members (excludes halogenated alkanes) is 2. The van der Waals surface area contributed by atoms with Crippen LogP contribution in [0.15, 0.2) is 18.2 Å². The number of ketones is 3. The number of aliphatic hydroxyl groups is 2. The Kier molecular flexibility index (Phi) is 10.9. The SMILES string of the molecule is COc1cccc2c1C(=O)c1c(O)c3c(c(O)c1C2=O)C[C@@](O)(C(=O)CO)C[C@@H]3O[C@H]1C[C@H](NC(=O)CCCCC[Si](C)(C)O)[C@H](C)[C@H](C)O1. The molecule has 0 spiro atoms. The summed E-state index contributed by atoms with van der Waals surface area (Å²) in [5.41, 5.74) is -3.61. The molecule has 6 atom stereocenters. The minimum absolute atomic E-state index is 0.0515. The Morgan fingerprint density at radius 1 is 1.04 bits per heavy atom. The first-order valence-corrected chi connectivity index (χ1v) is 20.2. The molecule has 14 heteroatoms. The van der Waals surface area contributed by atoms with E-state index in [1.807, 2.05) is 26.9 Å². The van der Waals surface area contributed by atoms with Gasteiger partial charge in [0, 0.05) is 54.3 Å². The van der Waals surface area contributed by atoms with Crippen LogP contribution in [-0.4, -0.2) is 94.5 Å². The van der Waals surface area contributed by atoms with Crippen LogP contribution in [0.2, 0.25) is 19.1 Å². The normalized spacial score (nSPS) is 26.1. The van der Waals surface area contributed by atoms with E-state index in [1.165, 1.54) is 25.3 Å². The van der Waals surface area contributed by atoms with Gasteiger partial charge < -0.3 is 44.7 Å². The van der Waals surface area contributed by atoms with Gasteiger partial charge in [0.25, 0.3) is 0 Å². The maximum absolute atomic E-state index is 13.9. The van der Waals surface area contributed by atoms with Gasteiger partial charge in [-0.1, -0.05) is 31.9 Å². The first kappa shape index (κ1) is 37.6. The summed E-state index contributed by atoms with van der Waals surface area (Å²) in [5, 5.41) is 47.6. The Morgan fingerprint density at radius 2 is 1.74 bits per heavy atom. The fraction of sp³-hybridized carbons (Fsp3) is 0.556. The van der Waals surface area contributed by atoms with Crippen molar-refractivity contribution >= 4 is 31.6 Å². The molecule has 272 valence electrons. The first-order chi connectivity index (χ1) is 23.5. The van der Waals surface area contributed by atoms with Gasteiger partial charge >= 0.3 is 0 Å². The second-order valence-corrected chi connectivity index (χ2v) is 18.5. The third kappa shape index (κ3) is 7.23. The van der Waals surface area contributed by atoms with E-state index in [0.717, 1.165) is 18.9 Å². The summed E-state index contributed by atoms with van der Waals surface area (Å²) in [6.07, 6.45) is -1.01. The molecule has 0 radical (unpaired) electrons. The van der Waals surface area contributed by atoms with E-state index in [4.69, 9.17) is 14.2 Å². The number of ether oxygens (including phenoxy) is 3. The number of rotatable bonds is 12. The van der Waals surface area contributed by atoms with Gasteiger partial charge in [-0.05, 0) is 38.5 Å². The standard InChI is InChI=1S/C36H47NO12Si/c1-18-19(2)48-27(14-22(18)37-26(40)12-7-6-8-13-50(4,5)46)49-24-16-36(45,25(39)17-38)15-21-29(24)35(44)31-30(33(21)42)32(41)20-10-9-11-23(47-3)28(20)34(31)43/h9-11,18-19,22,24,27,38,42,44-46H,6-8,12-17H2,1-5H3,(H,37,40)/t18-,19+,22+,24+,27+,36+/m1/s1. The van der Waals surface area contributed by atoms with Crippen LogP contribution >= 0.6 is 0 Å². The lowest BCUT2D eigenvalue weighted by Crippen LogP contribution is -2.52. The molecule has 1 heterocycles. The summed E-state index contributed by atoms with van der Waals surface area (Å²) in [6.45, 7) is 6.49. The Bertz CT molecular complexity index is 1690. The number of phenolic OH excluding ortho intramolecular Hbond substituents is 2. The van der Waals surface area contributed by atoms with Crippen molar-refractivity contribution in [2.24, 2.45) is 5.92 Å². The molecule has 2 aromatic carbocycles. The maximum Gasteiger partial charge on any atom is 0.220 e. The van der Waals surface area contributed by atoms with Crippen molar-refractivity contribution in [3.05, 3.63) is 51.6 Å². The second kappa shape index (κ2) is 14.5. The fourth-order valence-corrected chi connectivity index (χ4v) is 8.44. The summed E-state index contributed by atoms with van der Waals surface area (Å²) in [7, 11) is -0.801. The number of fused-ring (bicyclic) bond motifs is 3. The first-order valence-electron chi connectivity index (χ1n) is 17.1. The van der Waals surface area contributed by atoms with Gasteiger partial charge in [0.1, 0.15) is 29.5 Å². The molecule has 1 amide bonds. The topological polar surface area (TPSA) is 209 Å².